The number of hydrogen-bond acceptors (Lipinski definition) is 5. The molecule has 1 heterocycles. The first-order valence-electron chi connectivity index (χ1n) is 4.60. The van der Waals surface area contributed by atoms with E-state index in [1.165, 1.54) is 12.2 Å². The van der Waals surface area contributed by atoms with Gasteiger partial charge in [-0.3, -0.25) is 4.79 Å². The first kappa shape index (κ1) is 13.9. The van der Waals surface area contributed by atoms with Crippen molar-refractivity contribution in [3.05, 3.63) is 11.4 Å². The number of alkyl halides is 3. The van der Waals surface area contributed by atoms with Crippen molar-refractivity contribution in [2.45, 2.75) is 25.6 Å². The van der Waals surface area contributed by atoms with Crippen molar-refractivity contribution in [2.75, 3.05) is 0 Å². The molecule has 0 fully saturated rings. The SMILES string of the molecule is Cc1nonc1CC(NC(=O)C(F)(F)F)C(=O)O. The van der Waals surface area contributed by atoms with Crippen molar-refractivity contribution in [3.8, 4) is 0 Å². The summed E-state index contributed by atoms with van der Waals surface area (Å²) in [6, 6.07) is -1.76. The van der Waals surface area contributed by atoms with Crippen molar-refractivity contribution in [1.82, 2.24) is 15.6 Å². The lowest BCUT2D eigenvalue weighted by Gasteiger charge is -2.14. The molecule has 0 saturated carbocycles. The van der Waals surface area contributed by atoms with Crippen LogP contribution in [0.15, 0.2) is 4.63 Å². The van der Waals surface area contributed by atoms with Crippen molar-refractivity contribution in [1.29, 1.82) is 0 Å². The molecule has 0 aliphatic heterocycles. The van der Waals surface area contributed by atoms with E-state index in [0.29, 0.717) is 0 Å². The molecule has 10 heteroatoms. The number of amides is 1. The predicted octanol–water partition coefficient (Wildman–Crippen LogP) is 0.0522. The Hall–Kier alpha value is -2.13. The van der Waals surface area contributed by atoms with Gasteiger partial charge >= 0.3 is 18.1 Å². The maximum Gasteiger partial charge on any atom is 0.471 e. The lowest BCUT2D eigenvalue weighted by atomic mass is 10.1. The van der Waals surface area contributed by atoms with Gasteiger partial charge in [0.2, 0.25) is 0 Å². The Labute approximate surface area is 97.9 Å². The fourth-order valence-corrected chi connectivity index (χ4v) is 1.07. The van der Waals surface area contributed by atoms with Crippen LogP contribution >= 0.6 is 0 Å². The standard InChI is InChI=1S/C8H8F3N3O4/c1-3-4(14-18-13-3)2-5(6(15)16)12-7(17)8(9,10)11/h5H,2H2,1H3,(H,12,17)(H,15,16). The van der Waals surface area contributed by atoms with Crippen LogP contribution in [0.2, 0.25) is 0 Å². The zero-order valence-corrected chi connectivity index (χ0v) is 8.98. The third-order valence-corrected chi connectivity index (χ3v) is 2.00. The molecule has 0 aliphatic carbocycles. The summed E-state index contributed by atoms with van der Waals surface area (Å²) in [4.78, 5) is 21.4. The third-order valence-electron chi connectivity index (χ3n) is 2.00. The molecule has 0 aromatic carbocycles. The molecule has 1 aromatic rings. The normalized spacial score (nSPS) is 13.1. The zero-order chi connectivity index (χ0) is 13.9. The van der Waals surface area contributed by atoms with Crippen molar-refractivity contribution >= 4 is 11.9 Å². The van der Waals surface area contributed by atoms with E-state index in [0.717, 1.165) is 0 Å². The summed E-state index contributed by atoms with van der Waals surface area (Å²) in [5.74, 6) is -3.95. The number of carbonyl (C=O) groups excluding carboxylic acids is 1. The average Bonchev–Trinajstić information content (AvgIpc) is 2.61. The summed E-state index contributed by atoms with van der Waals surface area (Å²) in [6.07, 6.45) is -5.60. The largest absolute Gasteiger partial charge is 0.480 e. The number of hydrogen-bond donors (Lipinski definition) is 2. The molecule has 1 unspecified atom stereocenters. The Kier molecular flexibility index (Phi) is 3.89. The maximum absolute atomic E-state index is 12.0. The number of aliphatic carboxylic acids is 1. The molecule has 1 amide bonds. The molecular formula is C8H8F3N3O4. The van der Waals surface area contributed by atoms with E-state index in [1.807, 2.05) is 0 Å². The van der Waals surface area contributed by atoms with Crippen molar-refractivity contribution < 1.29 is 32.5 Å². The van der Waals surface area contributed by atoms with Gasteiger partial charge in [-0.1, -0.05) is 10.3 Å². The Balaban J connectivity index is 2.76. The fraction of sp³-hybridized carbons (Fsp3) is 0.500. The zero-order valence-electron chi connectivity index (χ0n) is 8.98. The summed E-state index contributed by atoms with van der Waals surface area (Å²) in [6.45, 7) is 1.44. The number of rotatable bonds is 4. The molecule has 1 rings (SSSR count). The van der Waals surface area contributed by atoms with E-state index in [9.17, 15) is 22.8 Å². The molecule has 0 spiro atoms. The van der Waals surface area contributed by atoms with E-state index in [2.05, 4.69) is 14.9 Å². The van der Waals surface area contributed by atoms with E-state index in [-0.39, 0.29) is 11.4 Å². The number of aryl methyl sites for hydroxylation is 1. The summed E-state index contributed by atoms with van der Waals surface area (Å²) in [5.41, 5.74) is 0.299. The minimum absolute atomic E-state index is 0.0601. The number of halogens is 3. The molecule has 1 aromatic heterocycles. The predicted molar refractivity (Wildman–Crippen MR) is 48.4 cm³/mol. The molecule has 0 aliphatic rings. The lowest BCUT2D eigenvalue weighted by Crippen LogP contribution is -2.48. The van der Waals surface area contributed by atoms with E-state index < -0.39 is 30.5 Å². The highest BCUT2D eigenvalue weighted by molar-refractivity contribution is 5.87. The van der Waals surface area contributed by atoms with Crippen LogP contribution in [0, 0.1) is 6.92 Å². The summed E-state index contributed by atoms with van der Waals surface area (Å²) in [5, 5.41) is 16.7. The second-order valence-electron chi connectivity index (χ2n) is 3.36. The van der Waals surface area contributed by atoms with Gasteiger partial charge in [-0.15, -0.1) is 0 Å². The van der Waals surface area contributed by atoms with Crippen LogP contribution in [0.25, 0.3) is 0 Å². The van der Waals surface area contributed by atoms with Crippen LogP contribution in [0.4, 0.5) is 13.2 Å². The monoisotopic (exact) mass is 267 g/mol. The molecule has 0 saturated heterocycles. The highest BCUT2D eigenvalue weighted by atomic mass is 19.4. The molecule has 2 N–H and O–H groups in total. The number of nitrogens with zero attached hydrogens (tertiary/aromatic N) is 2. The highest BCUT2D eigenvalue weighted by Gasteiger charge is 2.41. The Morgan fingerprint density at radius 1 is 1.44 bits per heavy atom. The minimum Gasteiger partial charge on any atom is -0.480 e. The number of carboxylic acid groups (broad SMARTS) is 1. The Bertz CT molecular complexity index is 457. The van der Waals surface area contributed by atoms with Gasteiger partial charge in [0.05, 0.1) is 0 Å². The average molecular weight is 267 g/mol. The number of aromatic nitrogens is 2. The van der Waals surface area contributed by atoms with Gasteiger partial charge in [0.1, 0.15) is 17.4 Å². The van der Waals surface area contributed by atoms with Crippen LogP contribution in [0.1, 0.15) is 11.4 Å². The van der Waals surface area contributed by atoms with Gasteiger partial charge in [-0.05, 0) is 6.92 Å². The van der Waals surface area contributed by atoms with Crippen molar-refractivity contribution in [2.24, 2.45) is 0 Å². The summed E-state index contributed by atoms with van der Waals surface area (Å²) >= 11 is 0. The van der Waals surface area contributed by atoms with Crippen LogP contribution in [-0.4, -0.2) is 39.5 Å². The first-order chi connectivity index (χ1) is 8.21. The van der Waals surface area contributed by atoms with Crippen LogP contribution < -0.4 is 5.32 Å². The second-order valence-corrected chi connectivity index (χ2v) is 3.36. The molecule has 1 atom stereocenters. The van der Waals surface area contributed by atoms with Gasteiger partial charge < -0.3 is 10.4 Å². The highest BCUT2D eigenvalue weighted by Crippen LogP contribution is 2.15. The summed E-state index contributed by atoms with van der Waals surface area (Å²) < 4.78 is 40.2. The maximum atomic E-state index is 12.0. The molecule has 100 valence electrons. The van der Waals surface area contributed by atoms with E-state index in [1.54, 1.807) is 0 Å². The minimum atomic E-state index is -5.15. The number of nitrogens with one attached hydrogen (secondary N) is 1. The Morgan fingerprint density at radius 3 is 2.44 bits per heavy atom. The van der Waals surface area contributed by atoms with E-state index in [4.69, 9.17) is 5.11 Å². The van der Waals surface area contributed by atoms with Crippen LogP contribution in [0.3, 0.4) is 0 Å². The van der Waals surface area contributed by atoms with E-state index >= 15 is 0 Å². The fourth-order valence-electron chi connectivity index (χ4n) is 1.07. The van der Waals surface area contributed by atoms with Gasteiger partial charge in [0.25, 0.3) is 0 Å². The van der Waals surface area contributed by atoms with Crippen LogP contribution in [0.5, 0.6) is 0 Å². The third kappa shape index (κ3) is 3.43. The van der Waals surface area contributed by atoms with Crippen molar-refractivity contribution in [3.63, 3.8) is 0 Å². The topological polar surface area (TPSA) is 105 Å². The molecule has 18 heavy (non-hydrogen) atoms. The molecular weight excluding hydrogens is 259 g/mol. The quantitative estimate of drug-likeness (QED) is 0.798. The van der Waals surface area contributed by atoms with Crippen LogP contribution in [-0.2, 0) is 16.0 Å². The first-order valence-corrected chi connectivity index (χ1v) is 4.60. The second kappa shape index (κ2) is 5.02. The molecule has 0 radical (unpaired) electrons. The van der Waals surface area contributed by atoms with Gasteiger partial charge in [0.15, 0.2) is 0 Å². The number of carbonyl (C=O) groups is 2. The smallest absolute Gasteiger partial charge is 0.471 e. The summed E-state index contributed by atoms with van der Waals surface area (Å²) in [7, 11) is 0. The number of carboxylic acids is 1. The Morgan fingerprint density at radius 2 is 2.06 bits per heavy atom. The van der Waals surface area contributed by atoms with Gasteiger partial charge in [-0.2, -0.15) is 13.2 Å². The van der Waals surface area contributed by atoms with Gasteiger partial charge in [0, 0.05) is 6.42 Å². The van der Waals surface area contributed by atoms with Gasteiger partial charge in [-0.25, -0.2) is 9.42 Å². The molecule has 0 bridgehead atoms. The lowest BCUT2D eigenvalue weighted by molar-refractivity contribution is -0.175. The molecule has 7 nitrogen and oxygen atoms in total.